The maximum absolute atomic E-state index is 13.2. The summed E-state index contributed by atoms with van der Waals surface area (Å²) in [5, 5.41) is 14.0. The molecule has 1 fully saturated rings. The average molecular weight is 268 g/mol. The van der Waals surface area contributed by atoms with Gasteiger partial charge in [-0.25, -0.2) is 4.39 Å². The number of rotatable bonds is 5. The fourth-order valence-electron chi connectivity index (χ4n) is 2.27. The van der Waals surface area contributed by atoms with E-state index in [1.165, 1.54) is 12.1 Å². The molecular weight excluding hydrogens is 251 g/mol. The fraction of sp³-hybridized carbons (Fsp3) is 0.538. The minimum Gasteiger partial charge on any atom is -0.377 e. The summed E-state index contributed by atoms with van der Waals surface area (Å²) in [4.78, 5) is 10.4. The Morgan fingerprint density at radius 2 is 2.42 bits per heavy atom. The van der Waals surface area contributed by atoms with Crippen molar-refractivity contribution in [3.63, 3.8) is 0 Å². The lowest BCUT2D eigenvalue weighted by atomic mass is 10.1. The number of benzene rings is 1. The Labute approximate surface area is 110 Å². The maximum atomic E-state index is 13.2. The lowest BCUT2D eigenvalue weighted by Crippen LogP contribution is -2.36. The monoisotopic (exact) mass is 268 g/mol. The van der Waals surface area contributed by atoms with Crippen LogP contribution in [0.3, 0.4) is 0 Å². The van der Waals surface area contributed by atoms with Crippen LogP contribution in [0.1, 0.15) is 25.3 Å². The molecule has 0 aliphatic carbocycles. The van der Waals surface area contributed by atoms with Gasteiger partial charge < -0.3 is 10.1 Å². The highest BCUT2D eigenvalue weighted by atomic mass is 19.1. The molecule has 0 spiro atoms. The van der Waals surface area contributed by atoms with Crippen molar-refractivity contribution in [2.45, 2.75) is 38.5 Å². The SMILES string of the molecule is CC(NCc1cc(F)ccc1[N+](=O)[O-])C1CCCO1. The van der Waals surface area contributed by atoms with E-state index in [1.807, 2.05) is 6.92 Å². The van der Waals surface area contributed by atoms with Crippen molar-refractivity contribution in [3.05, 3.63) is 39.7 Å². The molecule has 6 heteroatoms. The van der Waals surface area contributed by atoms with Crippen LogP contribution in [0.2, 0.25) is 0 Å². The van der Waals surface area contributed by atoms with E-state index in [1.54, 1.807) is 0 Å². The summed E-state index contributed by atoms with van der Waals surface area (Å²) < 4.78 is 18.7. The zero-order valence-corrected chi connectivity index (χ0v) is 10.8. The maximum Gasteiger partial charge on any atom is 0.274 e. The van der Waals surface area contributed by atoms with Gasteiger partial charge in [0.15, 0.2) is 0 Å². The van der Waals surface area contributed by atoms with E-state index in [-0.39, 0.29) is 24.4 Å². The minimum absolute atomic E-state index is 0.0616. The van der Waals surface area contributed by atoms with Crippen molar-refractivity contribution in [3.8, 4) is 0 Å². The topological polar surface area (TPSA) is 64.4 Å². The molecule has 0 aromatic heterocycles. The van der Waals surface area contributed by atoms with Gasteiger partial charge in [-0.2, -0.15) is 0 Å². The van der Waals surface area contributed by atoms with Crippen molar-refractivity contribution in [1.29, 1.82) is 0 Å². The van der Waals surface area contributed by atoms with Crippen LogP contribution in [0, 0.1) is 15.9 Å². The molecule has 1 N–H and O–H groups in total. The number of halogens is 1. The van der Waals surface area contributed by atoms with Crippen LogP contribution in [0.15, 0.2) is 18.2 Å². The van der Waals surface area contributed by atoms with Crippen molar-refractivity contribution < 1.29 is 14.1 Å². The van der Waals surface area contributed by atoms with E-state index in [2.05, 4.69) is 5.32 Å². The van der Waals surface area contributed by atoms with Crippen molar-refractivity contribution >= 4 is 5.69 Å². The second kappa shape index (κ2) is 6.08. The summed E-state index contributed by atoms with van der Waals surface area (Å²) in [5.74, 6) is -0.466. The molecule has 1 aromatic rings. The van der Waals surface area contributed by atoms with Gasteiger partial charge in [0.2, 0.25) is 0 Å². The van der Waals surface area contributed by atoms with Gasteiger partial charge in [-0.3, -0.25) is 10.1 Å². The van der Waals surface area contributed by atoms with E-state index in [9.17, 15) is 14.5 Å². The van der Waals surface area contributed by atoms with Gasteiger partial charge in [-0.1, -0.05) is 0 Å². The molecule has 2 unspecified atom stereocenters. The largest absolute Gasteiger partial charge is 0.377 e. The number of hydrogen-bond acceptors (Lipinski definition) is 4. The molecule has 1 saturated heterocycles. The average Bonchev–Trinajstić information content (AvgIpc) is 2.89. The summed E-state index contributed by atoms with van der Waals surface area (Å²) in [7, 11) is 0. The van der Waals surface area contributed by atoms with Crippen LogP contribution >= 0.6 is 0 Å². The zero-order chi connectivity index (χ0) is 13.8. The number of ether oxygens (including phenoxy) is 1. The number of nitrogens with one attached hydrogen (secondary N) is 1. The van der Waals surface area contributed by atoms with E-state index < -0.39 is 10.7 Å². The highest BCUT2D eigenvalue weighted by Crippen LogP contribution is 2.20. The first kappa shape index (κ1) is 13.9. The van der Waals surface area contributed by atoms with E-state index >= 15 is 0 Å². The van der Waals surface area contributed by atoms with Gasteiger partial charge in [-0.15, -0.1) is 0 Å². The second-order valence-corrected chi connectivity index (χ2v) is 4.75. The van der Waals surface area contributed by atoms with Gasteiger partial charge in [0.05, 0.1) is 11.0 Å². The first-order chi connectivity index (χ1) is 9.08. The normalized spacial score (nSPS) is 20.4. The third-order valence-electron chi connectivity index (χ3n) is 3.38. The standard InChI is InChI=1S/C13H17FN2O3/c1-9(13-3-2-6-19-13)15-8-10-7-11(14)4-5-12(10)16(17)18/h4-5,7,9,13,15H,2-3,6,8H2,1H3. The lowest BCUT2D eigenvalue weighted by Gasteiger charge is -2.20. The molecule has 19 heavy (non-hydrogen) atoms. The lowest BCUT2D eigenvalue weighted by molar-refractivity contribution is -0.385. The number of hydrogen-bond donors (Lipinski definition) is 1. The molecule has 0 radical (unpaired) electrons. The third kappa shape index (κ3) is 3.48. The van der Waals surface area contributed by atoms with Gasteiger partial charge in [0, 0.05) is 30.8 Å². The smallest absolute Gasteiger partial charge is 0.274 e. The van der Waals surface area contributed by atoms with Gasteiger partial charge in [-0.05, 0) is 31.9 Å². The summed E-state index contributed by atoms with van der Waals surface area (Å²) in [6.45, 7) is 2.99. The highest BCUT2D eigenvalue weighted by Gasteiger charge is 2.23. The number of nitro groups is 1. The van der Waals surface area contributed by atoms with Gasteiger partial charge in [0.25, 0.3) is 5.69 Å². The first-order valence-electron chi connectivity index (χ1n) is 6.35. The quantitative estimate of drug-likeness (QED) is 0.658. The summed E-state index contributed by atoms with van der Waals surface area (Å²) in [5.41, 5.74) is 0.295. The van der Waals surface area contributed by atoms with Crippen LogP contribution in [0.5, 0.6) is 0 Å². The van der Waals surface area contributed by atoms with Crippen molar-refractivity contribution in [2.75, 3.05) is 6.61 Å². The van der Waals surface area contributed by atoms with Gasteiger partial charge >= 0.3 is 0 Å². The predicted molar refractivity (Wildman–Crippen MR) is 68.3 cm³/mol. The summed E-state index contributed by atoms with van der Waals surface area (Å²) in [6.07, 6.45) is 2.16. The number of nitrogens with zero attached hydrogens (tertiary/aromatic N) is 1. The van der Waals surface area contributed by atoms with Crippen LogP contribution in [-0.4, -0.2) is 23.7 Å². The minimum atomic E-state index is -0.493. The molecule has 2 atom stereocenters. The fourth-order valence-corrected chi connectivity index (χ4v) is 2.27. The Kier molecular flexibility index (Phi) is 4.44. The number of nitro benzene ring substituents is 1. The second-order valence-electron chi connectivity index (χ2n) is 4.75. The molecule has 0 bridgehead atoms. The summed E-state index contributed by atoms with van der Waals surface area (Å²) >= 11 is 0. The molecule has 2 rings (SSSR count). The molecule has 1 aromatic carbocycles. The molecule has 0 saturated carbocycles. The van der Waals surface area contributed by atoms with E-state index in [0.29, 0.717) is 5.56 Å². The van der Waals surface area contributed by atoms with E-state index in [4.69, 9.17) is 4.74 Å². The third-order valence-corrected chi connectivity index (χ3v) is 3.38. The van der Waals surface area contributed by atoms with Crippen LogP contribution in [-0.2, 0) is 11.3 Å². The molecule has 104 valence electrons. The Hall–Kier alpha value is -1.53. The summed E-state index contributed by atoms with van der Waals surface area (Å²) in [6, 6.07) is 3.59. The van der Waals surface area contributed by atoms with Crippen molar-refractivity contribution in [2.24, 2.45) is 0 Å². The Morgan fingerprint density at radius 3 is 3.05 bits per heavy atom. The van der Waals surface area contributed by atoms with Crippen LogP contribution in [0.25, 0.3) is 0 Å². The Bertz CT molecular complexity index is 461. The molecule has 5 nitrogen and oxygen atoms in total. The highest BCUT2D eigenvalue weighted by molar-refractivity contribution is 5.40. The van der Waals surface area contributed by atoms with Crippen molar-refractivity contribution in [1.82, 2.24) is 5.32 Å². The van der Waals surface area contributed by atoms with Gasteiger partial charge in [0.1, 0.15) is 5.82 Å². The molecular formula is C13H17FN2O3. The molecule has 1 aliphatic rings. The van der Waals surface area contributed by atoms with Crippen LogP contribution < -0.4 is 5.32 Å². The van der Waals surface area contributed by atoms with Crippen LogP contribution in [0.4, 0.5) is 10.1 Å². The van der Waals surface area contributed by atoms with E-state index in [0.717, 1.165) is 25.5 Å². The Morgan fingerprint density at radius 1 is 1.63 bits per heavy atom. The predicted octanol–water partition coefficient (Wildman–Crippen LogP) is 2.39. The molecule has 1 aliphatic heterocycles. The molecule has 1 heterocycles. The molecule has 0 amide bonds. The Balaban J connectivity index is 2.01. The first-order valence-corrected chi connectivity index (χ1v) is 6.35. The zero-order valence-electron chi connectivity index (χ0n) is 10.8.